The predicted octanol–water partition coefficient (Wildman–Crippen LogP) is 8.77. The molecule has 0 aliphatic carbocycles. The van der Waals surface area contributed by atoms with Crippen molar-refractivity contribution in [3.63, 3.8) is 0 Å². The van der Waals surface area contributed by atoms with Crippen LogP contribution in [0.5, 0.6) is 17.2 Å². The number of benzene rings is 6. The number of rotatable bonds is 4. The molecule has 6 aromatic carbocycles. The first-order valence-corrected chi connectivity index (χ1v) is 13.9. The van der Waals surface area contributed by atoms with E-state index in [2.05, 4.69) is 107 Å². The Morgan fingerprint density at radius 3 is 1.83 bits per heavy atom. The van der Waals surface area contributed by atoms with Crippen LogP contribution in [0.1, 0.15) is 11.1 Å². The lowest BCUT2D eigenvalue weighted by Gasteiger charge is -2.31. The van der Waals surface area contributed by atoms with Gasteiger partial charge in [0.1, 0.15) is 24.0 Å². The van der Waals surface area contributed by atoms with Gasteiger partial charge in [-0.15, -0.1) is 0 Å². The van der Waals surface area contributed by atoms with Gasteiger partial charge in [-0.05, 0) is 94.3 Å². The summed E-state index contributed by atoms with van der Waals surface area (Å²) in [7, 11) is 0. The molecule has 0 fully saturated rings. The van der Waals surface area contributed by atoms with E-state index in [9.17, 15) is 0 Å². The molecule has 200 valence electrons. The summed E-state index contributed by atoms with van der Waals surface area (Å²) < 4.78 is 18.2. The highest BCUT2D eigenvalue weighted by atomic mass is 16.5. The molecule has 0 N–H and O–H groups in total. The molecule has 0 saturated carbocycles. The van der Waals surface area contributed by atoms with Gasteiger partial charge in [0.2, 0.25) is 0 Å². The van der Waals surface area contributed by atoms with Crippen LogP contribution in [-0.4, -0.2) is 13.5 Å². The molecule has 2 heterocycles. The van der Waals surface area contributed by atoms with Crippen molar-refractivity contribution >= 4 is 38.6 Å². The minimum atomic E-state index is 0.520. The van der Waals surface area contributed by atoms with Crippen molar-refractivity contribution in [2.45, 2.75) is 13.2 Å². The lowest BCUT2D eigenvalue weighted by atomic mass is 10.0. The van der Waals surface area contributed by atoms with Gasteiger partial charge in [-0.3, -0.25) is 0 Å². The lowest BCUT2D eigenvalue weighted by molar-refractivity contribution is 0.117. The number of hydrogen-bond donors (Lipinski definition) is 0. The van der Waals surface area contributed by atoms with Crippen LogP contribution in [0.25, 0.3) is 21.5 Å². The standard InChI is InChI=1S/C36H28N2O3/c1-3-7-27-19-35-30(18-26(27)6-1)22-39-24-38(35)32-11-15-34(16-12-32)41-33-13-9-31(10-14-33)37-21-29-17-25-5-2-4-8-28(25)20-36(29)40-23-37/h1-20H,21-24H2. The SMILES string of the molecule is c1ccc2cc3c(cc2c1)CN(c1ccc(Oc2ccc(N4COCc5cc6ccccc6cc54)cc2)cc1)CO3. The normalized spacial score (nSPS) is 14.4. The minimum absolute atomic E-state index is 0.520. The molecule has 0 saturated heterocycles. The van der Waals surface area contributed by atoms with Gasteiger partial charge in [0.25, 0.3) is 0 Å². The van der Waals surface area contributed by atoms with E-state index < -0.39 is 0 Å². The maximum Gasteiger partial charge on any atom is 0.161 e. The minimum Gasteiger partial charge on any atom is -0.473 e. The maximum atomic E-state index is 6.20. The van der Waals surface area contributed by atoms with Crippen molar-refractivity contribution in [3.05, 3.63) is 132 Å². The first kappa shape index (κ1) is 23.9. The third kappa shape index (κ3) is 4.50. The number of ether oxygens (including phenoxy) is 3. The van der Waals surface area contributed by atoms with Crippen molar-refractivity contribution in [1.29, 1.82) is 0 Å². The zero-order valence-electron chi connectivity index (χ0n) is 22.5. The molecular formula is C36H28N2O3. The van der Waals surface area contributed by atoms with Crippen molar-refractivity contribution < 1.29 is 14.2 Å². The Morgan fingerprint density at radius 1 is 0.561 bits per heavy atom. The summed E-state index contributed by atoms with van der Waals surface area (Å²) >= 11 is 0. The van der Waals surface area contributed by atoms with Gasteiger partial charge in [0, 0.05) is 34.7 Å². The molecule has 0 bridgehead atoms. The third-order valence-electron chi connectivity index (χ3n) is 7.97. The molecule has 5 heteroatoms. The molecule has 0 spiro atoms. The van der Waals surface area contributed by atoms with E-state index >= 15 is 0 Å². The Morgan fingerprint density at radius 2 is 1.15 bits per heavy atom. The molecule has 8 rings (SSSR count). The summed E-state index contributed by atoms with van der Waals surface area (Å²) in [6.45, 7) is 2.47. The molecule has 0 radical (unpaired) electrons. The van der Waals surface area contributed by atoms with Gasteiger partial charge in [-0.1, -0.05) is 48.5 Å². The Balaban J connectivity index is 0.969. The summed E-state index contributed by atoms with van der Waals surface area (Å²) in [5.41, 5.74) is 5.76. The van der Waals surface area contributed by atoms with Gasteiger partial charge in [0.15, 0.2) is 6.73 Å². The average Bonchev–Trinajstić information content (AvgIpc) is 3.03. The van der Waals surface area contributed by atoms with Crippen molar-refractivity contribution in [1.82, 2.24) is 0 Å². The van der Waals surface area contributed by atoms with Crippen LogP contribution in [0.4, 0.5) is 17.1 Å². The number of anilines is 3. The Kier molecular flexibility index (Phi) is 5.75. The second kappa shape index (κ2) is 9.88. The van der Waals surface area contributed by atoms with E-state index in [1.165, 1.54) is 38.4 Å². The van der Waals surface area contributed by atoms with E-state index in [1.54, 1.807) is 0 Å². The van der Waals surface area contributed by atoms with Gasteiger partial charge < -0.3 is 24.0 Å². The summed E-state index contributed by atoms with van der Waals surface area (Å²) in [4.78, 5) is 4.45. The van der Waals surface area contributed by atoms with Crippen LogP contribution in [-0.2, 0) is 17.9 Å². The molecule has 0 atom stereocenters. The predicted molar refractivity (Wildman–Crippen MR) is 164 cm³/mol. The van der Waals surface area contributed by atoms with Crippen LogP contribution in [0.2, 0.25) is 0 Å². The average molecular weight is 537 g/mol. The number of fused-ring (bicyclic) bond motifs is 4. The second-order valence-corrected chi connectivity index (χ2v) is 10.6. The molecule has 0 amide bonds. The maximum absolute atomic E-state index is 6.20. The molecular weight excluding hydrogens is 508 g/mol. The van der Waals surface area contributed by atoms with Crippen LogP contribution < -0.4 is 19.3 Å². The quantitative estimate of drug-likeness (QED) is 0.225. The summed E-state index contributed by atoms with van der Waals surface area (Å²) in [5.74, 6) is 2.56. The largest absolute Gasteiger partial charge is 0.473 e. The lowest BCUT2D eigenvalue weighted by Crippen LogP contribution is -2.31. The topological polar surface area (TPSA) is 34.2 Å². The Labute approximate surface area is 238 Å². The highest BCUT2D eigenvalue weighted by Gasteiger charge is 2.21. The van der Waals surface area contributed by atoms with Crippen molar-refractivity contribution in [2.24, 2.45) is 0 Å². The van der Waals surface area contributed by atoms with Gasteiger partial charge in [-0.25, -0.2) is 0 Å². The van der Waals surface area contributed by atoms with Crippen molar-refractivity contribution in [2.75, 3.05) is 23.3 Å². The first-order valence-electron chi connectivity index (χ1n) is 13.9. The fourth-order valence-corrected chi connectivity index (χ4v) is 5.82. The third-order valence-corrected chi connectivity index (χ3v) is 7.97. The number of hydrogen-bond acceptors (Lipinski definition) is 5. The van der Waals surface area contributed by atoms with Gasteiger partial charge in [0.05, 0.1) is 6.61 Å². The second-order valence-electron chi connectivity index (χ2n) is 10.6. The smallest absolute Gasteiger partial charge is 0.161 e. The van der Waals surface area contributed by atoms with Crippen molar-refractivity contribution in [3.8, 4) is 17.2 Å². The van der Waals surface area contributed by atoms with E-state index in [0.29, 0.717) is 20.1 Å². The van der Waals surface area contributed by atoms with E-state index in [-0.39, 0.29) is 0 Å². The molecule has 5 nitrogen and oxygen atoms in total. The van der Waals surface area contributed by atoms with Crippen LogP contribution >= 0.6 is 0 Å². The van der Waals surface area contributed by atoms with E-state index in [4.69, 9.17) is 14.2 Å². The fraction of sp³-hybridized carbons (Fsp3) is 0.111. The molecule has 2 aliphatic rings. The van der Waals surface area contributed by atoms with Crippen LogP contribution in [0, 0.1) is 0 Å². The molecule has 0 unspecified atom stereocenters. The van der Waals surface area contributed by atoms with Crippen LogP contribution in [0.3, 0.4) is 0 Å². The highest BCUT2D eigenvalue weighted by Crippen LogP contribution is 2.37. The highest BCUT2D eigenvalue weighted by molar-refractivity contribution is 5.89. The van der Waals surface area contributed by atoms with Gasteiger partial charge in [-0.2, -0.15) is 0 Å². The Bertz CT molecular complexity index is 1880. The Hall–Kier alpha value is -5.00. The fourth-order valence-electron chi connectivity index (χ4n) is 5.82. The molecule has 6 aromatic rings. The van der Waals surface area contributed by atoms with E-state index in [1.807, 2.05) is 24.3 Å². The molecule has 0 aromatic heterocycles. The first-order chi connectivity index (χ1) is 20.3. The summed E-state index contributed by atoms with van der Waals surface area (Å²) in [6.07, 6.45) is 0. The zero-order valence-corrected chi connectivity index (χ0v) is 22.5. The van der Waals surface area contributed by atoms with E-state index in [0.717, 1.165) is 35.2 Å². The molecule has 2 aliphatic heterocycles. The van der Waals surface area contributed by atoms with Crippen LogP contribution in [0.15, 0.2) is 121 Å². The number of nitrogens with zero attached hydrogens (tertiary/aromatic N) is 2. The zero-order chi connectivity index (χ0) is 27.2. The van der Waals surface area contributed by atoms with Gasteiger partial charge >= 0.3 is 0 Å². The molecule has 41 heavy (non-hydrogen) atoms. The summed E-state index contributed by atoms with van der Waals surface area (Å²) in [5, 5.41) is 4.90. The summed E-state index contributed by atoms with van der Waals surface area (Å²) in [6, 6.07) is 42.1. The monoisotopic (exact) mass is 536 g/mol.